The van der Waals surface area contributed by atoms with Gasteiger partial charge in [-0.15, -0.1) is 0 Å². The number of nitrogens with zero attached hydrogens (tertiary/aromatic N) is 2. The summed E-state index contributed by atoms with van der Waals surface area (Å²) in [6.45, 7) is 0.761. The molecule has 1 saturated heterocycles. The topological polar surface area (TPSA) is 59.2 Å². The Bertz CT molecular complexity index is 408. The standard InChI is InChI=1S/C10H12BrN3O/c1-14-5-7(3-9(14)15)6-2-8(11)10(12)13-4-6/h2,4,7H,3,5H2,1H3,(H2,12,13)/t7-/m0/s1. The highest BCUT2D eigenvalue weighted by atomic mass is 79.9. The maximum Gasteiger partial charge on any atom is 0.223 e. The van der Waals surface area contributed by atoms with E-state index in [1.165, 1.54) is 0 Å². The second-order valence-electron chi connectivity index (χ2n) is 3.81. The van der Waals surface area contributed by atoms with E-state index in [1.54, 1.807) is 11.1 Å². The number of nitrogens with two attached hydrogens (primary N) is 1. The predicted octanol–water partition coefficient (Wildman–Crippen LogP) is 1.37. The molecule has 5 heteroatoms. The van der Waals surface area contributed by atoms with Gasteiger partial charge in [-0.3, -0.25) is 4.79 Å². The first-order chi connectivity index (χ1) is 7.08. The predicted molar refractivity (Wildman–Crippen MR) is 61.3 cm³/mol. The molecule has 0 aromatic carbocycles. The summed E-state index contributed by atoms with van der Waals surface area (Å²) in [5.41, 5.74) is 6.67. The van der Waals surface area contributed by atoms with E-state index in [9.17, 15) is 4.79 Å². The third-order valence-electron chi connectivity index (χ3n) is 2.70. The molecule has 2 heterocycles. The first-order valence-corrected chi connectivity index (χ1v) is 5.52. The normalized spacial score (nSPS) is 21.1. The molecular formula is C10H12BrN3O. The average molecular weight is 270 g/mol. The number of pyridine rings is 1. The second-order valence-corrected chi connectivity index (χ2v) is 4.67. The van der Waals surface area contributed by atoms with Gasteiger partial charge in [-0.25, -0.2) is 4.98 Å². The van der Waals surface area contributed by atoms with Crippen LogP contribution >= 0.6 is 15.9 Å². The maximum absolute atomic E-state index is 11.4. The Balaban J connectivity index is 2.24. The van der Waals surface area contributed by atoms with Crippen LogP contribution < -0.4 is 5.73 Å². The van der Waals surface area contributed by atoms with Gasteiger partial charge in [0.15, 0.2) is 0 Å². The van der Waals surface area contributed by atoms with Crippen molar-refractivity contribution in [2.45, 2.75) is 12.3 Å². The Labute approximate surface area is 96.6 Å². The molecule has 1 fully saturated rings. The van der Waals surface area contributed by atoms with Gasteiger partial charge in [0, 0.05) is 32.1 Å². The Kier molecular flexibility index (Phi) is 2.65. The van der Waals surface area contributed by atoms with Crippen molar-refractivity contribution >= 4 is 27.7 Å². The molecule has 0 aliphatic carbocycles. The molecule has 1 atom stereocenters. The molecule has 2 rings (SSSR count). The Hall–Kier alpha value is -1.10. The minimum atomic E-state index is 0.188. The summed E-state index contributed by atoms with van der Waals surface area (Å²) < 4.78 is 0.794. The quantitative estimate of drug-likeness (QED) is 0.838. The van der Waals surface area contributed by atoms with Gasteiger partial charge < -0.3 is 10.6 Å². The smallest absolute Gasteiger partial charge is 0.223 e. The van der Waals surface area contributed by atoms with Crippen molar-refractivity contribution in [2.24, 2.45) is 0 Å². The second kappa shape index (κ2) is 3.81. The van der Waals surface area contributed by atoms with Gasteiger partial charge >= 0.3 is 0 Å². The molecule has 1 aromatic rings. The van der Waals surface area contributed by atoms with Crippen molar-refractivity contribution in [2.75, 3.05) is 19.3 Å². The number of carbonyl (C=O) groups is 1. The minimum Gasteiger partial charge on any atom is -0.383 e. The van der Waals surface area contributed by atoms with Crippen LogP contribution in [0.25, 0.3) is 0 Å². The van der Waals surface area contributed by atoms with Crippen molar-refractivity contribution in [1.82, 2.24) is 9.88 Å². The largest absolute Gasteiger partial charge is 0.383 e. The number of halogens is 1. The first kappa shape index (κ1) is 10.4. The average Bonchev–Trinajstić information content (AvgIpc) is 2.52. The molecule has 2 N–H and O–H groups in total. The number of likely N-dealkylation sites (tertiary alicyclic amines) is 1. The molecule has 0 spiro atoms. The number of amides is 1. The fraction of sp³-hybridized carbons (Fsp3) is 0.400. The number of hydrogen-bond donors (Lipinski definition) is 1. The van der Waals surface area contributed by atoms with Gasteiger partial charge in [0.1, 0.15) is 5.82 Å². The van der Waals surface area contributed by atoms with Gasteiger partial charge in [0.2, 0.25) is 5.91 Å². The van der Waals surface area contributed by atoms with Crippen LogP contribution in [0.4, 0.5) is 5.82 Å². The van der Waals surface area contributed by atoms with Crippen LogP contribution in [0.3, 0.4) is 0 Å². The molecule has 0 unspecified atom stereocenters. The van der Waals surface area contributed by atoms with E-state index in [0.717, 1.165) is 16.6 Å². The first-order valence-electron chi connectivity index (χ1n) is 4.73. The van der Waals surface area contributed by atoms with Crippen molar-refractivity contribution in [3.8, 4) is 0 Å². The van der Waals surface area contributed by atoms with Crippen LogP contribution in [-0.2, 0) is 4.79 Å². The number of carbonyl (C=O) groups excluding carboxylic acids is 1. The lowest BCUT2D eigenvalue weighted by Gasteiger charge is -2.10. The molecule has 1 amide bonds. The van der Waals surface area contributed by atoms with Crippen LogP contribution in [0, 0.1) is 0 Å². The van der Waals surface area contributed by atoms with Crippen molar-refractivity contribution < 1.29 is 4.79 Å². The summed E-state index contributed by atoms with van der Waals surface area (Å²) in [6.07, 6.45) is 2.31. The molecule has 0 saturated carbocycles. The zero-order valence-corrected chi connectivity index (χ0v) is 9.99. The van der Waals surface area contributed by atoms with E-state index in [1.807, 2.05) is 13.1 Å². The Morgan fingerprint density at radius 2 is 2.40 bits per heavy atom. The number of aromatic nitrogens is 1. The van der Waals surface area contributed by atoms with Crippen LogP contribution in [0.1, 0.15) is 17.9 Å². The fourth-order valence-corrected chi connectivity index (χ4v) is 2.14. The van der Waals surface area contributed by atoms with E-state index in [2.05, 4.69) is 20.9 Å². The molecule has 4 nitrogen and oxygen atoms in total. The highest BCUT2D eigenvalue weighted by Crippen LogP contribution is 2.29. The summed E-state index contributed by atoms with van der Waals surface area (Å²) in [6, 6.07) is 1.94. The van der Waals surface area contributed by atoms with Gasteiger partial charge in [0.05, 0.1) is 4.47 Å². The number of hydrogen-bond acceptors (Lipinski definition) is 3. The van der Waals surface area contributed by atoms with Crippen LogP contribution in [-0.4, -0.2) is 29.4 Å². The summed E-state index contributed by atoms with van der Waals surface area (Å²) in [5.74, 6) is 0.913. The molecular weight excluding hydrogens is 258 g/mol. The van der Waals surface area contributed by atoms with E-state index < -0.39 is 0 Å². The van der Waals surface area contributed by atoms with Crippen molar-refractivity contribution in [3.05, 3.63) is 22.3 Å². The lowest BCUT2D eigenvalue weighted by Crippen LogP contribution is -2.18. The summed E-state index contributed by atoms with van der Waals surface area (Å²) in [4.78, 5) is 17.2. The van der Waals surface area contributed by atoms with E-state index in [0.29, 0.717) is 12.2 Å². The van der Waals surface area contributed by atoms with Crippen molar-refractivity contribution in [3.63, 3.8) is 0 Å². The zero-order chi connectivity index (χ0) is 11.0. The highest BCUT2D eigenvalue weighted by Gasteiger charge is 2.28. The molecule has 0 bridgehead atoms. The lowest BCUT2D eigenvalue weighted by atomic mass is 10.0. The summed E-state index contributed by atoms with van der Waals surface area (Å²) in [5, 5.41) is 0. The lowest BCUT2D eigenvalue weighted by molar-refractivity contribution is -0.126. The molecule has 1 aliphatic heterocycles. The number of anilines is 1. The minimum absolute atomic E-state index is 0.188. The van der Waals surface area contributed by atoms with Crippen LogP contribution in [0.5, 0.6) is 0 Å². The third-order valence-corrected chi connectivity index (χ3v) is 3.34. The highest BCUT2D eigenvalue weighted by molar-refractivity contribution is 9.10. The summed E-state index contributed by atoms with van der Waals surface area (Å²) in [7, 11) is 1.82. The summed E-state index contributed by atoms with van der Waals surface area (Å²) >= 11 is 3.34. The Morgan fingerprint density at radius 3 is 2.93 bits per heavy atom. The SMILES string of the molecule is CN1C[C@@H](c2cnc(N)c(Br)c2)CC1=O. The Morgan fingerprint density at radius 1 is 1.67 bits per heavy atom. The van der Waals surface area contributed by atoms with Gasteiger partial charge in [-0.05, 0) is 27.6 Å². The van der Waals surface area contributed by atoms with Crippen LogP contribution in [0.15, 0.2) is 16.7 Å². The maximum atomic E-state index is 11.4. The van der Waals surface area contributed by atoms with Crippen molar-refractivity contribution in [1.29, 1.82) is 0 Å². The van der Waals surface area contributed by atoms with Crippen LogP contribution in [0.2, 0.25) is 0 Å². The number of likely N-dealkylation sites (N-methyl/N-ethyl adjacent to an activating group) is 1. The zero-order valence-electron chi connectivity index (χ0n) is 8.40. The van der Waals surface area contributed by atoms with Gasteiger partial charge in [-0.2, -0.15) is 0 Å². The third kappa shape index (κ3) is 1.97. The van der Waals surface area contributed by atoms with Gasteiger partial charge in [0.25, 0.3) is 0 Å². The van der Waals surface area contributed by atoms with E-state index in [4.69, 9.17) is 5.73 Å². The van der Waals surface area contributed by atoms with E-state index in [-0.39, 0.29) is 11.8 Å². The number of rotatable bonds is 1. The van der Waals surface area contributed by atoms with Gasteiger partial charge in [-0.1, -0.05) is 0 Å². The molecule has 15 heavy (non-hydrogen) atoms. The molecule has 0 radical (unpaired) electrons. The molecule has 80 valence electrons. The number of nitrogen functional groups attached to an aromatic ring is 1. The monoisotopic (exact) mass is 269 g/mol. The fourth-order valence-electron chi connectivity index (χ4n) is 1.77. The molecule has 1 aliphatic rings. The van der Waals surface area contributed by atoms with E-state index >= 15 is 0 Å². The molecule has 1 aromatic heterocycles.